The second-order valence-electron chi connectivity index (χ2n) is 5.12. The van der Waals surface area contributed by atoms with E-state index >= 15 is 0 Å². The summed E-state index contributed by atoms with van der Waals surface area (Å²) in [7, 11) is 4.71. The topological polar surface area (TPSA) is 82.8 Å². The quantitative estimate of drug-likeness (QED) is 0.736. The van der Waals surface area contributed by atoms with Crippen LogP contribution in [0.25, 0.3) is 0 Å². The summed E-state index contributed by atoms with van der Waals surface area (Å²) in [5.41, 5.74) is 7.71. The Morgan fingerprint density at radius 1 is 1.04 bits per heavy atom. The van der Waals surface area contributed by atoms with E-state index in [1.807, 2.05) is 12.1 Å². The van der Waals surface area contributed by atoms with Crippen LogP contribution >= 0.6 is 12.4 Å². The lowest BCUT2D eigenvalue weighted by atomic mass is 10.1. The predicted molar refractivity (Wildman–Crippen MR) is 100 cm³/mol. The number of nitrogens with two attached hydrogens (primary N) is 1. The Kier molecular flexibility index (Phi) is 7.88. The Morgan fingerprint density at radius 2 is 1.76 bits per heavy atom. The van der Waals surface area contributed by atoms with Crippen molar-refractivity contribution in [3.63, 3.8) is 0 Å². The molecule has 0 bridgehead atoms. The fourth-order valence-electron chi connectivity index (χ4n) is 2.45. The molecule has 0 aliphatic carbocycles. The Hall–Kier alpha value is -2.60. The maximum absolute atomic E-state index is 12.1. The third kappa shape index (κ3) is 4.93. The van der Waals surface area contributed by atoms with E-state index in [1.165, 1.54) is 0 Å². The molecule has 1 amide bonds. The normalized spacial score (nSPS) is 9.72. The van der Waals surface area contributed by atoms with Crippen LogP contribution in [0.1, 0.15) is 15.9 Å². The molecule has 136 valence electrons. The minimum absolute atomic E-state index is 0. The van der Waals surface area contributed by atoms with Gasteiger partial charge in [-0.1, -0.05) is 12.1 Å². The van der Waals surface area contributed by atoms with Crippen LogP contribution in [0, 0.1) is 0 Å². The highest BCUT2D eigenvalue weighted by atomic mass is 35.5. The number of rotatable bonds is 7. The third-order valence-corrected chi connectivity index (χ3v) is 3.61. The number of ether oxygens (including phenoxy) is 3. The second kappa shape index (κ2) is 9.64. The minimum Gasteiger partial charge on any atom is -0.493 e. The van der Waals surface area contributed by atoms with E-state index in [-0.39, 0.29) is 18.3 Å². The molecule has 3 N–H and O–H groups in total. The first-order valence-electron chi connectivity index (χ1n) is 7.52. The van der Waals surface area contributed by atoms with Crippen LogP contribution < -0.4 is 25.3 Å². The van der Waals surface area contributed by atoms with Crippen molar-refractivity contribution in [2.75, 3.05) is 33.6 Å². The van der Waals surface area contributed by atoms with Gasteiger partial charge in [0.2, 0.25) is 5.75 Å². The minimum atomic E-state index is -0.165. The van der Waals surface area contributed by atoms with Crippen LogP contribution in [-0.2, 0) is 6.42 Å². The van der Waals surface area contributed by atoms with Gasteiger partial charge in [0.1, 0.15) is 0 Å². The molecular formula is C18H23ClN2O4. The van der Waals surface area contributed by atoms with Gasteiger partial charge in [0, 0.05) is 23.4 Å². The van der Waals surface area contributed by atoms with Crippen molar-refractivity contribution in [3.8, 4) is 17.2 Å². The number of halogens is 1. The summed E-state index contributed by atoms with van der Waals surface area (Å²) in [4.78, 5) is 12.1. The summed E-state index contributed by atoms with van der Waals surface area (Å²) in [6.07, 6.45) is 0.595. The van der Waals surface area contributed by atoms with Crippen molar-refractivity contribution >= 4 is 24.0 Å². The number of carbonyl (C=O) groups excluding carboxylic acids is 1. The smallest absolute Gasteiger partial charge is 0.251 e. The standard InChI is InChI=1S/C18H22N2O4.ClH/c1-22-15-8-7-12(16(23-2)17(15)24-3)9-10-20-18(21)13-5-4-6-14(19)11-13;/h4-8,11H,9-10,19H2,1-3H3,(H,20,21);1H. The molecule has 0 saturated carbocycles. The van der Waals surface area contributed by atoms with Crippen LogP contribution in [-0.4, -0.2) is 33.8 Å². The molecule has 0 spiro atoms. The van der Waals surface area contributed by atoms with Gasteiger partial charge in [0.25, 0.3) is 5.91 Å². The molecule has 2 aromatic rings. The largest absolute Gasteiger partial charge is 0.493 e. The number of amides is 1. The molecule has 0 radical (unpaired) electrons. The SMILES string of the molecule is COc1ccc(CCNC(=O)c2cccc(N)c2)c(OC)c1OC.Cl. The van der Waals surface area contributed by atoms with Gasteiger partial charge in [-0.15, -0.1) is 12.4 Å². The van der Waals surface area contributed by atoms with Crippen molar-refractivity contribution in [2.24, 2.45) is 0 Å². The average molecular weight is 367 g/mol. The van der Waals surface area contributed by atoms with E-state index in [2.05, 4.69) is 5.32 Å². The lowest BCUT2D eigenvalue weighted by molar-refractivity contribution is 0.0954. The van der Waals surface area contributed by atoms with E-state index in [0.29, 0.717) is 41.5 Å². The van der Waals surface area contributed by atoms with Crippen LogP contribution in [0.3, 0.4) is 0 Å². The molecule has 6 nitrogen and oxygen atoms in total. The Balaban J connectivity index is 0.00000312. The molecule has 0 atom stereocenters. The maximum atomic E-state index is 12.1. The van der Waals surface area contributed by atoms with Crippen molar-refractivity contribution in [2.45, 2.75) is 6.42 Å². The monoisotopic (exact) mass is 366 g/mol. The van der Waals surface area contributed by atoms with E-state index in [1.54, 1.807) is 45.6 Å². The highest BCUT2D eigenvalue weighted by Gasteiger charge is 2.15. The second-order valence-corrected chi connectivity index (χ2v) is 5.12. The number of anilines is 1. The van der Waals surface area contributed by atoms with E-state index < -0.39 is 0 Å². The van der Waals surface area contributed by atoms with Crippen molar-refractivity contribution in [1.82, 2.24) is 5.32 Å². The van der Waals surface area contributed by atoms with Gasteiger partial charge in [0.05, 0.1) is 21.3 Å². The molecule has 0 aliphatic heterocycles. The fraction of sp³-hybridized carbons (Fsp3) is 0.278. The number of carbonyl (C=O) groups is 1. The first-order valence-corrected chi connectivity index (χ1v) is 7.52. The van der Waals surface area contributed by atoms with Crippen LogP contribution in [0.2, 0.25) is 0 Å². The van der Waals surface area contributed by atoms with Crippen LogP contribution in [0.5, 0.6) is 17.2 Å². The lowest BCUT2D eigenvalue weighted by Crippen LogP contribution is -2.25. The van der Waals surface area contributed by atoms with Crippen LogP contribution in [0.15, 0.2) is 36.4 Å². The Morgan fingerprint density at radius 3 is 2.36 bits per heavy atom. The maximum Gasteiger partial charge on any atom is 0.251 e. The van der Waals surface area contributed by atoms with Gasteiger partial charge in [-0.3, -0.25) is 4.79 Å². The molecule has 0 aliphatic rings. The zero-order chi connectivity index (χ0) is 17.5. The lowest BCUT2D eigenvalue weighted by Gasteiger charge is -2.16. The summed E-state index contributed by atoms with van der Waals surface area (Å²) in [6, 6.07) is 10.6. The Labute approximate surface area is 153 Å². The summed E-state index contributed by atoms with van der Waals surface area (Å²) in [5, 5.41) is 2.87. The number of hydrogen-bond donors (Lipinski definition) is 2. The molecule has 0 fully saturated rings. The number of benzene rings is 2. The number of nitrogen functional groups attached to an aromatic ring is 1. The molecule has 2 rings (SSSR count). The molecule has 0 heterocycles. The predicted octanol–water partition coefficient (Wildman–Crippen LogP) is 2.69. The molecule has 0 unspecified atom stereocenters. The average Bonchev–Trinajstić information content (AvgIpc) is 2.60. The van der Waals surface area contributed by atoms with Crippen LogP contribution in [0.4, 0.5) is 5.69 Å². The van der Waals surface area contributed by atoms with Crippen molar-refractivity contribution in [3.05, 3.63) is 47.5 Å². The summed E-state index contributed by atoms with van der Waals surface area (Å²) in [5.74, 6) is 1.58. The van der Waals surface area contributed by atoms with Gasteiger partial charge in [-0.25, -0.2) is 0 Å². The number of methoxy groups -OCH3 is 3. The third-order valence-electron chi connectivity index (χ3n) is 3.61. The first kappa shape index (κ1) is 20.4. The van der Waals surface area contributed by atoms with E-state index in [4.69, 9.17) is 19.9 Å². The molecular weight excluding hydrogens is 344 g/mol. The van der Waals surface area contributed by atoms with Gasteiger partial charge in [-0.2, -0.15) is 0 Å². The zero-order valence-corrected chi connectivity index (χ0v) is 15.3. The zero-order valence-electron chi connectivity index (χ0n) is 14.5. The number of nitrogens with one attached hydrogen (secondary N) is 1. The van der Waals surface area contributed by atoms with E-state index in [0.717, 1.165) is 5.56 Å². The summed E-state index contributed by atoms with van der Waals surface area (Å²) >= 11 is 0. The molecule has 0 saturated heterocycles. The van der Waals surface area contributed by atoms with Crippen molar-refractivity contribution < 1.29 is 19.0 Å². The van der Waals surface area contributed by atoms with Gasteiger partial charge in [0.15, 0.2) is 11.5 Å². The van der Waals surface area contributed by atoms with Gasteiger partial charge >= 0.3 is 0 Å². The first-order chi connectivity index (χ1) is 11.6. The summed E-state index contributed by atoms with van der Waals surface area (Å²) in [6.45, 7) is 0.458. The molecule has 2 aromatic carbocycles. The van der Waals surface area contributed by atoms with Gasteiger partial charge < -0.3 is 25.3 Å². The summed E-state index contributed by atoms with van der Waals surface area (Å²) < 4.78 is 16.0. The molecule has 0 aromatic heterocycles. The Bertz CT molecular complexity index is 722. The van der Waals surface area contributed by atoms with Crippen molar-refractivity contribution in [1.29, 1.82) is 0 Å². The molecule has 7 heteroatoms. The molecule has 25 heavy (non-hydrogen) atoms. The fourth-order valence-corrected chi connectivity index (χ4v) is 2.45. The van der Waals surface area contributed by atoms with E-state index in [9.17, 15) is 4.79 Å². The highest BCUT2D eigenvalue weighted by molar-refractivity contribution is 5.94. The van der Waals surface area contributed by atoms with Gasteiger partial charge in [-0.05, 0) is 30.7 Å². The highest BCUT2D eigenvalue weighted by Crippen LogP contribution is 2.39. The number of hydrogen-bond acceptors (Lipinski definition) is 5.